The molecule has 0 unspecified atom stereocenters. The molecule has 1 N–H and O–H groups in total. The minimum absolute atomic E-state index is 0.0346. The molecule has 0 radical (unpaired) electrons. The van der Waals surface area contributed by atoms with Crippen LogP contribution in [0.25, 0.3) is 10.9 Å². The second-order valence-electron chi connectivity index (χ2n) is 5.51. The van der Waals surface area contributed by atoms with Gasteiger partial charge in [0.15, 0.2) is 0 Å². The van der Waals surface area contributed by atoms with Gasteiger partial charge in [-0.15, -0.1) is 0 Å². The Morgan fingerprint density at radius 1 is 1.12 bits per heavy atom. The van der Waals surface area contributed by atoms with E-state index in [4.69, 9.17) is 23.2 Å². The SMILES string of the molecule is CCN(Cc1nc2ccccc2c(=O)[nH]1)S(=O)(=O)c1cccc(Cl)c1Cl. The summed E-state index contributed by atoms with van der Waals surface area (Å²) in [6.45, 7) is 1.76. The van der Waals surface area contributed by atoms with Gasteiger partial charge in [-0.05, 0) is 24.3 Å². The molecule has 136 valence electrons. The summed E-state index contributed by atoms with van der Waals surface area (Å²) in [5, 5.41) is 0.564. The normalized spacial score (nSPS) is 12.0. The molecule has 0 aliphatic heterocycles. The van der Waals surface area contributed by atoms with Crippen LogP contribution in [0.5, 0.6) is 0 Å². The number of para-hydroxylation sites is 1. The van der Waals surface area contributed by atoms with Gasteiger partial charge in [0.05, 0.1) is 27.5 Å². The fraction of sp³-hybridized carbons (Fsp3) is 0.176. The Balaban J connectivity index is 2.02. The molecule has 1 aromatic heterocycles. The number of aromatic amines is 1. The summed E-state index contributed by atoms with van der Waals surface area (Å²) in [5.41, 5.74) is 0.181. The Hall–Kier alpha value is -1.93. The van der Waals surface area contributed by atoms with Gasteiger partial charge in [-0.3, -0.25) is 4.79 Å². The molecule has 0 saturated carbocycles. The van der Waals surface area contributed by atoms with Gasteiger partial charge in [0, 0.05) is 6.54 Å². The van der Waals surface area contributed by atoms with Gasteiger partial charge < -0.3 is 4.98 Å². The van der Waals surface area contributed by atoms with Crippen LogP contribution < -0.4 is 5.56 Å². The summed E-state index contributed by atoms with van der Waals surface area (Å²) in [6.07, 6.45) is 0. The third kappa shape index (κ3) is 3.48. The predicted octanol–water partition coefficient (Wildman–Crippen LogP) is 3.44. The van der Waals surface area contributed by atoms with E-state index in [9.17, 15) is 13.2 Å². The zero-order chi connectivity index (χ0) is 18.9. The van der Waals surface area contributed by atoms with Crippen LogP contribution in [0.1, 0.15) is 12.7 Å². The summed E-state index contributed by atoms with van der Waals surface area (Å²) < 4.78 is 27.1. The fourth-order valence-corrected chi connectivity index (χ4v) is 4.71. The van der Waals surface area contributed by atoms with E-state index in [1.54, 1.807) is 31.2 Å². The molecule has 0 atom stereocenters. The molecule has 9 heteroatoms. The fourth-order valence-electron chi connectivity index (χ4n) is 2.57. The molecule has 0 spiro atoms. The topological polar surface area (TPSA) is 83.1 Å². The van der Waals surface area contributed by atoms with Crippen molar-refractivity contribution in [1.29, 1.82) is 0 Å². The molecule has 26 heavy (non-hydrogen) atoms. The Kier molecular flexibility index (Phi) is 5.34. The van der Waals surface area contributed by atoms with E-state index in [2.05, 4.69) is 9.97 Å². The van der Waals surface area contributed by atoms with Gasteiger partial charge in [0.25, 0.3) is 5.56 Å². The monoisotopic (exact) mass is 411 g/mol. The van der Waals surface area contributed by atoms with Crippen molar-refractivity contribution in [3.05, 3.63) is 68.7 Å². The molecule has 0 aliphatic rings. The summed E-state index contributed by atoms with van der Waals surface area (Å²) in [7, 11) is -3.91. The zero-order valence-corrected chi connectivity index (χ0v) is 16.1. The van der Waals surface area contributed by atoms with Crippen LogP contribution in [0.4, 0.5) is 0 Å². The van der Waals surface area contributed by atoms with Crippen molar-refractivity contribution in [2.45, 2.75) is 18.4 Å². The third-order valence-electron chi connectivity index (χ3n) is 3.87. The van der Waals surface area contributed by atoms with Gasteiger partial charge >= 0.3 is 0 Å². The van der Waals surface area contributed by atoms with Gasteiger partial charge in [0.1, 0.15) is 10.7 Å². The van der Waals surface area contributed by atoms with E-state index < -0.39 is 10.0 Å². The van der Waals surface area contributed by atoms with Crippen molar-refractivity contribution in [3.8, 4) is 0 Å². The Bertz CT molecular complexity index is 1130. The number of H-pyrrole nitrogens is 1. The van der Waals surface area contributed by atoms with Crippen LogP contribution in [0.3, 0.4) is 0 Å². The lowest BCUT2D eigenvalue weighted by atomic mass is 10.2. The molecule has 0 amide bonds. The highest BCUT2D eigenvalue weighted by molar-refractivity contribution is 7.89. The van der Waals surface area contributed by atoms with Crippen LogP contribution in [-0.2, 0) is 16.6 Å². The molecule has 3 aromatic rings. The minimum atomic E-state index is -3.91. The number of hydrogen-bond acceptors (Lipinski definition) is 4. The molecule has 3 rings (SSSR count). The molecule has 0 fully saturated rings. The Labute approximate surface area is 160 Å². The van der Waals surface area contributed by atoms with E-state index >= 15 is 0 Å². The van der Waals surface area contributed by atoms with Crippen LogP contribution >= 0.6 is 23.2 Å². The van der Waals surface area contributed by atoms with Crippen LogP contribution in [-0.4, -0.2) is 29.2 Å². The number of nitrogens with one attached hydrogen (secondary N) is 1. The number of fused-ring (bicyclic) bond motifs is 1. The second kappa shape index (κ2) is 7.36. The lowest BCUT2D eigenvalue weighted by molar-refractivity contribution is 0.414. The second-order valence-corrected chi connectivity index (χ2v) is 8.20. The molecular formula is C17H15Cl2N3O3S. The van der Waals surface area contributed by atoms with Crippen LogP contribution in [0, 0.1) is 0 Å². The maximum atomic E-state index is 13.0. The number of rotatable bonds is 5. The number of sulfonamides is 1. The van der Waals surface area contributed by atoms with Gasteiger partial charge in [-0.2, -0.15) is 4.31 Å². The van der Waals surface area contributed by atoms with Crippen molar-refractivity contribution in [2.24, 2.45) is 0 Å². The third-order valence-corrected chi connectivity index (χ3v) is 6.77. The lowest BCUT2D eigenvalue weighted by Gasteiger charge is -2.21. The van der Waals surface area contributed by atoms with Crippen molar-refractivity contribution in [3.63, 3.8) is 0 Å². The summed E-state index contributed by atoms with van der Waals surface area (Å²) >= 11 is 12.0. The maximum absolute atomic E-state index is 13.0. The number of halogens is 2. The lowest BCUT2D eigenvalue weighted by Crippen LogP contribution is -2.32. The first-order chi connectivity index (χ1) is 12.3. The van der Waals surface area contributed by atoms with Crippen molar-refractivity contribution in [1.82, 2.24) is 14.3 Å². The van der Waals surface area contributed by atoms with Crippen LogP contribution in [0.2, 0.25) is 10.0 Å². The maximum Gasteiger partial charge on any atom is 0.258 e. The molecule has 0 bridgehead atoms. The van der Waals surface area contributed by atoms with Crippen molar-refractivity contribution in [2.75, 3.05) is 6.54 Å². The molecule has 6 nitrogen and oxygen atoms in total. The molecule has 1 heterocycles. The first kappa shape index (κ1) is 18.8. The minimum Gasteiger partial charge on any atom is -0.309 e. The van der Waals surface area contributed by atoms with Crippen molar-refractivity contribution < 1.29 is 8.42 Å². The predicted molar refractivity (Wildman–Crippen MR) is 102 cm³/mol. The van der Waals surface area contributed by atoms with E-state index in [1.165, 1.54) is 22.5 Å². The van der Waals surface area contributed by atoms with E-state index in [1.807, 2.05) is 0 Å². The average Bonchev–Trinajstić information content (AvgIpc) is 2.61. The van der Waals surface area contributed by atoms with Gasteiger partial charge in [0.2, 0.25) is 10.0 Å². The summed E-state index contributed by atoms with van der Waals surface area (Å²) in [6, 6.07) is 11.3. The standard InChI is InChI=1S/C17H15Cl2N3O3S/c1-2-22(26(24,25)14-9-5-7-12(18)16(14)19)10-15-20-13-8-4-3-6-11(13)17(23)21-15/h3-9H,2,10H2,1H3,(H,20,21,23). The molecule has 2 aromatic carbocycles. The van der Waals surface area contributed by atoms with E-state index in [-0.39, 0.29) is 39.4 Å². The first-order valence-electron chi connectivity index (χ1n) is 7.76. The number of aromatic nitrogens is 2. The van der Waals surface area contributed by atoms with Crippen LogP contribution in [0.15, 0.2) is 52.2 Å². The number of benzene rings is 2. The van der Waals surface area contributed by atoms with Gasteiger partial charge in [-0.25, -0.2) is 13.4 Å². The highest BCUT2D eigenvalue weighted by atomic mass is 35.5. The summed E-state index contributed by atoms with van der Waals surface area (Å²) in [4.78, 5) is 19.1. The van der Waals surface area contributed by atoms with Crippen molar-refractivity contribution >= 4 is 44.1 Å². The Morgan fingerprint density at radius 2 is 1.85 bits per heavy atom. The first-order valence-corrected chi connectivity index (χ1v) is 9.96. The van der Waals surface area contributed by atoms with E-state index in [0.717, 1.165) is 0 Å². The Morgan fingerprint density at radius 3 is 2.58 bits per heavy atom. The highest BCUT2D eigenvalue weighted by Crippen LogP contribution is 2.31. The average molecular weight is 412 g/mol. The van der Waals surface area contributed by atoms with Gasteiger partial charge in [-0.1, -0.05) is 48.3 Å². The zero-order valence-electron chi connectivity index (χ0n) is 13.7. The quantitative estimate of drug-likeness (QED) is 0.696. The number of hydrogen-bond donors (Lipinski definition) is 1. The highest BCUT2D eigenvalue weighted by Gasteiger charge is 2.27. The molecule has 0 aliphatic carbocycles. The number of nitrogens with zero attached hydrogens (tertiary/aromatic N) is 2. The molecular weight excluding hydrogens is 397 g/mol. The largest absolute Gasteiger partial charge is 0.309 e. The smallest absolute Gasteiger partial charge is 0.258 e. The summed E-state index contributed by atoms with van der Waals surface area (Å²) in [5.74, 6) is 0.247. The van der Waals surface area contributed by atoms with E-state index in [0.29, 0.717) is 10.9 Å². The molecule has 0 saturated heterocycles.